The van der Waals surface area contributed by atoms with E-state index in [1.807, 2.05) is 0 Å². The Morgan fingerprint density at radius 2 is 1.43 bits per heavy atom. The van der Waals surface area contributed by atoms with Crippen molar-refractivity contribution in [3.8, 4) is 0 Å². The minimum atomic E-state index is -3.82. The van der Waals surface area contributed by atoms with Gasteiger partial charge in [0.25, 0.3) is 5.76 Å². The predicted molar refractivity (Wildman–Crippen MR) is 250 cm³/mol. The summed E-state index contributed by atoms with van der Waals surface area (Å²) in [5.74, 6) is -6.99. The summed E-state index contributed by atoms with van der Waals surface area (Å²) in [7, 11) is 2.07. The lowest BCUT2D eigenvalue weighted by Gasteiger charge is -2.29. The van der Waals surface area contributed by atoms with Crippen molar-refractivity contribution in [2.75, 3.05) is 47.9 Å². The van der Waals surface area contributed by atoms with Crippen LogP contribution in [0.1, 0.15) is 142 Å². The van der Waals surface area contributed by atoms with Crippen LogP contribution in [-0.4, -0.2) is 143 Å². The summed E-state index contributed by atoms with van der Waals surface area (Å²) in [6, 6.07) is -3.67. The molecule has 0 radical (unpaired) electrons. The number of amides is 3. The Morgan fingerprint density at radius 3 is 1.97 bits per heavy atom. The molecule has 0 saturated heterocycles. The van der Waals surface area contributed by atoms with E-state index in [2.05, 4.69) is 32.8 Å². The van der Waals surface area contributed by atoms with Crippen LogP contribution in [0.2, 0.25) is 0 Å². The number of hydrogen-bond donors (Lipinski definition) is 7. The highest BCUT2D eigenvalue weighted by atomic mass is 31.2. The summed E-state index contributed by atoms with van der Waals surface area (Å²) < 4.78 is 38.4. The van der Waals surface area contributed by atoms with Crippen LogP contribution in [0.15, 0.2) is 24.0 Å². The van der Waals surface area contributed by atoms with E-state index >= 15 is 0 Å². The number of hydrogen-bond acceptors (Lipinski definition) is 14. The molecule has 5 unspecified atom stereocenters. The van der Waals surface area contributed by atoms with Crippen molar-refractivity contribution in [2.24, 2.45) is 5.73 Å². The maximum atomic E-state index is 13.5. The summed E-state index contributed by atoms with van der Waals surface area (Å²) in [4.78, 5) is 84.3. The second-order valence-corrected chi connectivity index (χ2v) is 20.1. The Hall–Kier alpha value is -4.56. The van der Waals surface area contributed by atoms with Crippen LogP contribution in [0, 0.1) is 0 Å². The third-order valence-corrected chi connectivity index (χ3v) is 13.6. The highest BCUT2D eigenvalue weighted by molar-refractivity contribution is 7.54. The third-order valence-electron chi connectivity index (χ3n) is 11.2. The number of unbranched alkanes of at least 4 members (excludes halogenated alkanes) is 14. The number of rotatable bonds is 38. The lowest BCUT2D eigenvalue weighted by Crippen LogP contribution is -2.55. The first-order chi connectivity index (χ1) is 31.9. The molecule has 1 aromatic rings. The van der Waals surface area contributed by atoms with Crippen LogP contribution in [0.3, 0.4) is 0 Å². The number of H-pyrrole nitrogens is 1. The van der Waals surface area contributed by atoms with Gasteiger partial charge < -0.3 is 55.6 Å². The molecule has 1 aromatic heterocycles. The smallest absolute Gasteiger partial charge is 0.395 e. The number of aromatic amines is 1. The molecule has 5 atom stereocenters. The molecule has 67 heavy (non-hydrogen) atoms. The number of aromatic nitrogens is 2. The molecular formula is C45H79N8O13P. The fraction of sp³-hybridized carbons (Fsp3) is 0.756. The first-order valence-corrected chi connectivity index (χ1v) is 25.3. The summed E-state index contributed by atoms with van der Waals surface area (Å²) in [5, 5.41) is 28.3. The van der Waals surface area contributed by atoms with E-state index in [4.69, 9.17) is 24.5 Å². The van der Waals surface area contributed by atoms with Crippen LogP contribution in [0.4, 0.5) is 0 Å². The molecule has 1 aliphatic rings. The van der Waals surface area contributed by atoms with Crippen molar-refractivity contribution in [3.05, 3.63) is 29.7 Å². The number of aliphatic hydroxyl groups excluding tert-OH is 1. The zero-order valence-corrected chi connectivity index (χ0v) is 41.5. The molecule has 8 N–H and O–H groups in total. The van der Waals surface area contributed by atoms with Crippen LogP contribution in [0.25, 0.3) is 0 Å². The molecule has 0 aliphatic carbocycles. The summed E-state index contributed by atoms with van der Waals surface area (Å²) in [6.45, 7) is 3.94. The second-order valence-electron chi connectivity index (χ2n) is 17.3. The average molecular weight is 971 g/mol. The molecular weight excluding hydrogens is 892 g/mol. The van der Waals surface area contributed by atoms with Crippen LogP contribution in [-0.2, 0) is 58.5 Å². The van der Waals surface area contributed by atoms with E-state index in [9.17, 15) is 43.5 Å². The Morgan fingerprint density at radius 1 is 0.851 bits per heavy atom. The van der Waals surface area contributed by atoms with E-state index in [0.29, 0.717) is 38.1 Å². The normalized spacial score (nSPS) is 15.8. The topological polar surface area (TPSA) is 294 Å². The maximum absolute atomic E-state index is 13.5. The number of esters is 2. The Kier molecular flexibility index (Phi) is 28.2. The molecule has 21 nitrogen and oxygen atoms in total. The van der Waals surface area contributed by atoms with Gasteiger partial charge in [-0.3, -0.25) is 19.2 Å². The number of nitrogens with zero attached hydrogens (tertiary/aromatic N) is 3. The molecule has 0 bridgehead atoms. The molecule has 3 amide bonds. The van der Waals surface area contributed by atoms with Gasteiger partial charge in [0.15, 0.2) is 11.9 Å². The zero-order valence-electron chi connectivity index (χ0n) is 40.6. The van der Waals surface area contributed by atoms with Gasteiger partial charge >= 0.3 is 25.6 Å². The van der Waals surface area contributed by atoms with E-state index in [0.717, 1.165) is 19.3 Å². The van der Waals surface area contributed by atoms with Crippen molar-refractivity contribution in [3.63, 3.8) is 0 Å². The Bertz CT molecular complexity index is 1730. The molecule has 382 valence electrons. The lowest BCUT2D eigenvalue weighted by atomic mass is 10.0. The first-order valence-electron chi connectivity index (χ1n) is 23.8. The van der Waals surface area contributed by atoms with Crippen LogP contribution >= 0.6 is 7.67 Å². The number of nitrogens with two attached hydrogens (primary N) is 1. The second kappa shape index (κ2) is 32.2. The van der Waals surface area contributed by atoms with Crippen molar-refractivity contribution < 1.29 is 62.3 Å². The minimum absolute atomic E-state index is 0.0666. The van der Waals surface area contributed by atoms with E-state index < -0.39 is 98.0 Å². The van der Waals surface area contributed by atoms with Crippen molar-refractivity contribution in [1.29, 1.82) is 0 Å². The van der Waals surface area contributed by atoms with Gasteiger partial charge in [-0.05, 0) is 67.3 Å². The number of cyclic esters (lactones) is 1. The van der Waals surface area contributed by atoms with Crippen molar-refractivity contribution >= 4 is 43.3 Å². The molecule has 0 fully saturated rings. The SMILES string of the molecule is CCCCCCCCCCCCCCCCOCC(OC(=O)CCC(=O)NC(C)C(=O)NC(Cc1cnc[nH]1)C(=O)NC(CCCCN)C(=O)O)C1OC(=O)C(OP(=O)(N(C)C)N(C)C)=C1O. The molecule has 22 heteroatoms. The van der Waals surface area contributed by atoms with Crippen molar-refractivity contribution in [1.82, 2.24) is 35.3 Å². The lowest BCUT2D eigenvalue weighted by molar-refractivity contribution is -0.167. The van der Waals surface area contributed by atoms with Gasteiger partial charge in [-0.1, -0.05) is 90.4 Å². The average Bonchev–Trinajstić information content (AvgIpc) is 3.90. The van der Waals surface area contributed by atoms with E-state index in [1.54, 1.807) is 0 Å². The number of aliphatic carboxylic acids is 1. The fourth-order valence-corrected chi connectivity index (χ4v) is 8.63. The molecule has 0 spiro atoms. The molecule has 2 heterocycles. The summed E-state index contributed by atoms with van der Waals surface area (Å²) in [5.41, 5.74) is 6.00. The third kappa shape index (κ3) is 22.0. The maximum Gasteiger partial charge on any atom is 0.395 e. The van der Waals surface area contributed by atoms with Crippen LogP contribution < -0.4 is 21.7 Å². The predicted octanol–water partition coefficient (Wildman–Crippen LogP) is 4.77. The van der Waals surface area contributed by atoms with Gasteiger partial charge in [-0.15, -0.1) is 0 Å². The fourth-order valence-electron chi connectivity index (χ4n) is 7.18. The van der Waals surface area contributed by atoms with Gasteiger partial charge in [0, 0.05) is 31.3 Å². The monoisotopic (exact) mass is 971 g/mol. The van der Waals surface area contributed by atoms with Gasteiger partial charge in [0.05, 0.1) is 19.4 Å². The zero-order chi connectivity index (χ0) is 49.8. The largest absolute Gasteiger partial charge is 0.505 e. The Labute approximate surface area is 396 Å². The number of carboxylic acids is 1. The van der Waals surface area contributed by atoms with Gasteiger partial charge in [-0.2, -0.15) is 0 Å². The highest BCUT2D eigenvalue weighted by Gasteiger charge is 2.47. The first kappa shape index (κ1) is 58.6. The minimum Gasteiger partial charge on any atom is -0.505 e. The number of imidazole rings is 1. The number of aliphatic hydroxyl groups is 1. The molecule has 2 rings (SSSR count). The number of carbonyl (C=O) groups excluding carboxylic acids is 5. The molecule has 1 aliphatic heterocycles. The number of nitrogens with one attached hydrogen (secondary N) is 4. The Balaban J connectivity index is 2.00. The van der Waals surface area contributed by atoms with Crippen LogP contribution in [0.5, 0.6) is 0 Å². The molecule has 0 saturated carbocycles. The number of ether oxygens (including phenoxy) is 3. The summed E-state index contributed by atoms with van der Waals surface area (Å²) >= 11 is 0. The van der Waals surface area contributed by atoms with E-state index in [-0.39, 0.29) is 19.4 Å². The van der Waals surface area contributed by atoms with Crippen molar-refractivity contribution in [2.45, 2.75) is 173 Å². The quantitative estimate of drug-likeness (QED) is 0.0267. The standard InChI is InChI=1S/C45H79N8O13P/c1-7-8-9-10-11-12-13-14-15-16-17-18-19-22-27-63-30-36(40-39(56)41(45(61)65-40)66-67(62,52(3)4)53(5)6)64-38(55)25-24-37(54)49-32(2)42(57)51-35(28-33-29-47-31-48-33)43(58)50-34(44(59)60)23-20-21-26-46/h29,31-32,34-36,40,56H,7-28,30,46H2,1-6H3,(H,47,48)(H,49,54)(H,50,58)(H,51,57)(H,59,60). The van der Waals surface area contributed by atoms with E-state index in [1.165, 1.54) is 121 Å². The number of carbonyl (C=O) groups is 6. The van der Waals surface area contributed by atoms with Gasteiger partial charge in [0.2, 0.25) is 23.8 Å². The molecule has 0 aromatic carbocycles. The highest BCUT2D eigenvalue weighted by Crippen LogP contribution is 2.53. The van der Waals surface area contributed by atoms with Gasteiger partial charge in [-0.25, -0.2) is 28.5 Å². The van der Waals surface area contributed by atoms with Gasteiger partial charge in [0.1, 0.15) is 18.1 Å². The number of carboxylic acid groups (broad SMARTS) is 1. The summed E-state index contributed by atoms with van der Waals surface area (Å²) in [6.07, 6.45) is 16.6.